The summed E-state index contributed by atoms with van der Waals surface area (Å²) >= 11 is 1.17. The molecular formula is C20H21N2O5S-. The molecule has 3 N–H and O–H groups in total. The molecular weight excluding hydrogens is 380 g/mol. The van der Waals surface area contributed by atoms with Crippen molar-refractivity contribution in [2.45, 2.75) is 24.3 Å². The third-order valence-electron chi connectivity index (χ3n) is 3.85. The zero-order chi connectivity index (χ0) is 20.5. The molecule has 28 heavy (non-hydrogen) atoms. The summed E-state index contributed by atoms with van der Waals surface area (Å²) in [5.74, 6) is -2.70. The Kier molecular flexibility index (Phi) is 8.01. The number of nitrogens with zero attached hydrogens (tertiary/aromatic N) is 1. The van der Waals surface area contributed by atoms with Gasteiger partial charge in [0.15, 0.2) is 6.04 Å². The Hall–Kier alpha value is -2.87. The lowest BCUT2D eigenvalue weighted by Crippen LogP contribution is -2.49. The molecule has 0 spiro atoms. The van der Waals surface area contributed by atoms with Crippen molar-refractivity contribution in [2.24, 2.45) is 4.99 Å². The van der Waals surface area contributed by atoms with Gasteiger partial charge >= 0.3 is 11.9 Å². The highest BCUT2D eigenvalue weighted by molar-refractivity contribution is 8.00. The number of allylic oxidation sites excluding steroid dienone is 3. The van der Waals surface area contributed by atoms with Crippen LogP contribution in [0, 0.1) is 6.92 Å². The van der Waals surface area contributed by atoms with Crippen LogP contribution in [0.5, 0.6) is 0 Å². The number of hydrogen-bond acceptors (Lipinski definition) is 5. The number of carboxylic acid groups (broad SMARTS) is 2. The summed E-state index contributed by atoms with van der Waals surface area (Å²) in [6.45, 7) is 3.66. The second-order valence-corrected chi connectivity index (χ2v) is 7.04. The van der Waals surface area contributed by atoms with Gasteiger partial charge < -0.3 is 22.5 Å². The molecule has 2 atom stereocenters. The van der Waals surface area contributed by atoms with Gasteiger partial charge in [0.05, 0.1) is 6.42 Å². The van der Waals surface area contributed by atoms with E-state index in [1.54, 1.807) is 42.5 Å². The molecule has 0 aliphatic carbocycles. The molecule has 0 bridgehead atoms. The normalized spacial score (nSPS) is 19.2. The van der Waals surface area contributed by atoms with Crippen LogP contribution in [0.1, 0.15) is 12.0 Å². The molecule has 1 aliphatic heterocycles. The molecule has 1 amide bonds. The first-order valence-electron chi connectivity index (χ1n) is 8.56. The highest BCUT2D eigenvalue weighted by atomic mass is 32.2. The number of amides is 1. The summed E-state index contributed by atoms with van der Waals surface area (Å²) in [4.78, 5) is 39.6. The van der Waals surface area contributed by atoms with Crippen molar-refractivity contribution >= 4 is 35.3 Å². The molecule has 148 valence electrons. The molecule has 1 aromatic carbocycles. The second-order valence-electron chi connectivity index (χ2n) is 5.94. The third kappa shape index (κ3) is 6.09. The maximum Gasteiger partial charge on any atom is 0.354 e. The van der Waals surface area contributed by atoms with E-state index in [9.17, 15) is 24.6 Å². The number of hydrogen-bond donors (Lipinski definition) is 3. The van der Waals surface area contributed by atoms with Crippen LogP contribution < -0.4 is 5.32 Å². The van der Waals surface area contributed by atoms with Crippen LogP contribution in [0.3, 0.4) is 0 Å². The summed E-state index contributed by atoms with van der Waals surface area (Å²) < 4.78 is 0. The standard InChI is InChI=1S/C20H21N2O5S/c1-2-3-5-10-14-12-28-18(22-16(14)19(24)25)17(20(26)27)21-15(23)11-13-8-6-4-7-9-13/h3-10,17-18H,1-2,11-12H2,(H,21,23)(H,24,25)(H,26,27)/q-1/b5-3+,14-10+. The predicted octanol–water partition coefficient (Wildman–Crippen LogP) is 2.10. The minimum absolute atomic E-state index is 0.0263. The monoisotopic (exact) mass is 401 g/mol. The lowest BCUT2D eigenvalue weighted by molar-refractivity contribution is -0.141. The SMILES string of the molecule is [CH2-]C/C=C/C=C1\CSC(C(NC(=O)Cc2ccccc2)C(=O)O)N=C1C(=O)O. The Bertz CT molecular complexity index is 817. The predicted molar refractivity (Wildman–Crippen MR) is 108 cm³/mol. The van der Waals surface area contributed by atoms with Crippen molar-refractivity contribution in [3.63, 3.8) is 0 Å². The number of carbonyl (C=O) groups is 3. The Morgan fingerprint density at radius 2 is 2.00 bits per heavy atom. The molecule has 2 rings (SSSR count). The maximum absolute atomic E-state index is 12.2. The topological polar surface area (TPSA) is 116 Å². The maximum atomic E-state index is 12.2. The van der Waals surface area contributed by atoms with E-state index in [2.05, 4.69) is 17.2 Å². The van der Waals surface area contributed by atoms with E-state index in [1.807, 2.05) is 6.07 Å². The smallest absolute Gasteiger partial charge is 0.354 e. The summed E-state index contributed by atoms with van der Waals surface area (Å²) in [5, 5.41) is 20.5. The van der Waals surface area contributed by atoms with Crippen LogP contribution in [0.25, 0.3) is 0 Å². The lowest BCUT2D eigenvalue weighted by Gasteiger charge is -2.26. The van der Waals surface area contributed by atoms with E-state index < -0.39 is 29.3 Å². The van der Waals surface area contributed by atoms with Gasteiger partial charge in [-0.3, -0.25) is 9.79 Å². The first-order chi connectivity index (χ1) is 13.4. The molecule has 2 unspecified atom stereocenters. The lowest BCUT2D eigenvalue weighted by atomic mass is 10.1. The van der Waals surface area contributed by atoms with Crippen LogP contribution >= 0.6 is 11.8 Å². The molecule has 0 saturated carbocycles. The number of aliphatic imine (C=N–C) groups is 1. The van der Waals surface area contributed by atoms with Crippen LogP contribution in [-0.2, 0) is 20.8 Å². The fourth-order valence-electron chi connectivity index (χ4n) is 2.52. The average molecular weight is 401 g/mol. The fraction of sp³-hybridized carbons (Fsp3) is 0.250. The second kappa shape index (κ2) is 10.5. The molecule has 0 saturated heterocycles. The van der Waals surface area contributed by atoms with Gasteiger partial charge in [-0.2, -0.15) is 6.42 Å². The first-order valence-corrected chi connectivity index (χ1v) is 9.61. The van der Waals surface area contributed by atoms with Gasteiger partial charge in [0.1, 0.15) is 11.1 Å². The van der Waals surface area contributed by atoms with Crippen molar-refractivity contribution in [3.8, 4) is 0 Å². The number of carbonyl (C=O) groups excluding carboxylic acids is 1. The number of benzene rings is 1. The quantitative estimate of drug-likeness (QED) is 0.575. The Balaban J connectivity index is 2.17. The zero-order valence-corrected chi connectivity index (χ0v) is 15.9. The van der Waals surface area contributed by atoms with Crippen molar-refractivity contribution in [1.82, 2.24) is 5.32 Å². The van der Waals surface area contributed by atoms with Gasteiger partial charge in [-0.25, -0.2) is 9.59 Å². The van der Waals surface area contributed by atoms with E-state index in [1.165, 1.54) is 11.8 Å². The highest BCUT2D eigenvalue weighted by Gasteiger charge is 2.34. The fourth-order valence-corrected chi connectivity index (χ4v) is 3.66. The van der Waals surface area contributed by atoms with Crippen LogP contribution in [-0.4, -0.2) is 50.9 Å². The molecule has 0 fully saturated rings. The van der Waals surface area contributed by atoms with E-state index in [0.29, 0.717) is 12.0 Å². The number of aliphatic carboxylic acids is 2. The molecule has 0 radical (unpaired) electrons. The van der Waals surface area contributed by atoms with Gasteiger partial charge in [0.25, 0.3) is 0 Å². The molecule has 1 heterocycles. The number of carboxylic acids is 2. The third-order valence-corrected chi connectivity index (χ3v) is 5.04. The molecule has 7 nitrogen and oxygen atoms in total. The molecule has 8 heteroatoms. The highest BCUT2D eigenvalue weighted by Crippen LogP contribution is 2.27. The number of thioether (sulfide) groups is 1. The minimum atomic E-state index is -1.33. The first kappa shape index (κ1) is 21.4. The Labute approximate surface area is 167 Å². The molecule has 0 aromatic heterocycles. The van der Waals surface area contributed by atoms with Gasteiger partial charge in [0.2, 0.25) is 5.91 Å². The molecule has 1 aromatic rings. The summed E-state index contributed by atoms with van der Waals surface area (Å²) in [7, 11) is 0. The van der Waals surface area contributed by atoms with Gasteiger partial charge in [-0.05, 0) is 11.1 Å². The van der Waals surface area contributed by atoms with Crippen LogP contribution in [0.15, 0.2) is 59.1 Å². The van der Waals surface area contributed by atoms with E-state index in [4.69, 9.17) is 0 Å². The van der Waals surface area contributed by atoms with Crippen LogP contribution in [0.2, 0.25) is 0 Å². The minimum Gasteiger partial charge on any atom is -0.480 e. The van der Waals surface area contributed by atoms with E-state index in [0.717, 1.165) is 5.56 Å². The average Bonchev–Trinajstić information content (AvgIpc) is 2.67. The summed E-state index contributed by atoms with van der Waals surface area (Å²) in [6.07, 6.45) is 5.68. The van der Waals surface area contributed by atoms with Crippen molar-refractivity contribution in [1.29, 1.82) is 0 Å². The van der Waals surface area contributed by atoms with Crippen molar-refractivity contribution in [2.75, 3.05) is 5.75 Å². The van der Waals surface area contributed by atoms with E-state index in [-0.39, 0.29) is 17.9 Å². The van der Waals surface area contributed by atoms with Gasteiger partial charge in [-0.1, -0.05) is 42.5 Å². The number of rotatable bonds is 8. The Morgan fingerprint density at radius 1 is 1.29 bits per heavy atom. The summed E-state index contributed by atoms with van der Waals surface area (Å²) in [6, 6.07) is 7.60. The van der Waals surface area contributed by atoms with Gasteiger partial charge in [0, 0.05) is 5.75 Å². The van der Waals surface area contributed by atoms with E-state index >= 15 is 0 Å². The largest absolute Gasteiger partial charge is 0.480 e. The van der Waals surface area contributed by atoms with Crippen LogP contribution in [0.4, 0.5) is 0 Å². The zero-order valence-electron chi connectivity index (χ0n) is 15.1. The Morgan fingerprint density at radius 3 is 2.61 bits per heavy atom. The van der Waals surface area contributed by atoms with Gasteiger partial charge in [-0.15, -0.1) is 17.8 Å². The molecule has 1 aliphatic rings. The van der Waals surface area contributed by atoms with Crippen molar-refractivity contribution in [3.05, 3.63) is 66.6 Å². The number of nitrogens with one attached hydrogen (secondary N) is 1. The summed E-state index contributed by atoms with van der Waals surface area (Å²) in [5.41, 5.74) is 1.04. The van der Waals surface area contributed by atoms with Crippen molar-refractivity contribution < 1.29 is 24.6 Å².